The van der Waals surface area contributed by atoms with Crippen molar-refractivity contribution in [3.63, 3.8) is 0 Å². The molecule has 0 aliphatic carbocycles. The molecule has 2 atom stereocenters. The highest BCUT2D eigenvalue weighted by Crippen LogP contribution is 2.15. The summed E-state index contributed by atoms with van der Waals surface area (Å²) in [5.74, 6) is -0.726. The summed E-state index contributed by atoms with van der Waals surface area (Å²) < 4.78 is 10.7. The summed E-state index contributed by atoms with van der Waals surface area (Å²) in [4.78, 5) is 23.8. The maximum atomic E-state index is 11.9. The minimum Gasteiger partial charge on any atom is -0.425 e. The van der Waals surface area contributed by atoms with E-state index in [4.69, 9.17) is 9.47 Å². The van der Waals surface area contributed by atoms with Gasteiger partial charge in [0.2, 0.25) is 6.29 Å². The second kappa shape index (κ2) is 14.0. The van der Waals surface area contributed by atoms with Crippen molar-refractivity contribution >= 4 is 37.2 Å². The van der Waals surface area contributed by atoms with Gasteiger partial charge in [-0.2, -0.15) is 25.3 Å². The molecule has 0 aliphatic heterocycles. The van der Waals surface area contributed by atoms with E-state index in [0.29, 0.717) is 6.42 Å². The van der Waals surface area contributed by atoms with Gasteiger partial charge in [0.15, 0.2) is 0 Å². The van der Waals surface area contributed by atoms with E-state index < -0.39 is 6.29 Å². The number of rotatable bonds is 13. The second-order valence-electron chi connectivity index (χ2n) is 5.79. The van der Waals surface area contributed by atoms with Crippen LogP contribution in [-0.4, -0.2) is 28.7 Å². The molecule has 0 aromatic rings. The average molecular weight is 365 g/mol. The lowest BCUT2D eigenvalue weighted by atomic mass is 10.1. The largest absolute Gasteiger partial charge is 0.425 e. The molecule has 136 valence electrons. The van der Waals surface area contributed by atoms with Crippen LogP contribution in [0.4, 0.5) is 0 Å². The van der Waals surface area contributed by atoms with Crippen LogP contribution in [0.3, 0.4) is 0 Å². The molecular formula is C17H32O4S2. The number of unbranched alkanes of at least 4 members (excludes halogenated alkanes) is 3. The lowest BCUT2D eigenvalue weighted by Crippen LogP contribution is -2.27. The van der Waals surface area contributed by atoms with E-state index >= 15 is 0 Å². The highest BCUT2D eigenvalue weighted by atomic mass is 32.1. The Balaban J connectivity index is 4.42. The van der Waals surface area contributed by atoms with Crippen LogP contribution in [0, 0.1) is 0 Å². The third kappa shape index (κ3) is 12.7. The average Bonchev–Trinajstić information content (AvgIpc) is 2.50. The first-order valence-electron chi connectivity index (χ1n) is 8.67. The fourth-order valence-corrected chi connectivity index (χ4v) is 2.24. The molecule has 0 fully saturated rings. The molecule has 23 heavy (non-hydrogen) atoms. The molecule has 6 heteroatoms. The number of hydrogen-bond acceptors (Lipinski definition) is 6. The normalized spacial score (nSPS) is 14.8. The standard InChI is InChI=1S/C17H32O4S2/c1-4-7-8-9-10-17(20-15(18)11-13(22)5-2)21-16(19)12-14(23)6-3/h13-14,17,22-23H,4-12H2,1-3H3. The molecular weight excluding hydrogens is 332 g/mol. The molecule has 0 aliphatic rings. The van der Waals surface area contributed by atoms with Gasteiger partial charge in [-0.15, -0.1) is 0 Å². The number of carbonyl (C=O) groups is 2. The van der Waals surface area contributed by atoms with Gasteiger partial charge in [-0.05, 0) is 19.3 Å². The Hall–Kier alpha value is -0.360. The van der Waals surface area contributed by atoms with Gasteiger partial charge in [-0.25, -0.2) is 0 Å². The molecule has 0 saturated heterocycles. The van der Waals surface area contributed by atoms with E-state index in [1.165, 1.54) is 0 Å². The first-order chi connectivity index (χ1) is 10.9. The van der Waals surface area contributed by atoms with Crippen molar-refractivity contribution in [2.24, 2.45) is 0 Å². The van der Waals surface area contributed by atoms with E-state index in [-0.39, 0.29) is 35.3 Å². The van der Waals surface area contributed by atoms with Crippen LogP contribution in [0.1, 0.15) is 78.6 Å². The lowest BCUT2D eigenvalue weighted by Gasteiger charge is -2.20. The van der Waals surface area contributed by atoms with Crippen molar-refractivity contribution in [3.8, 4) is 0 Å². The van der Waals surface area contributed by atoms with Crippen molar-refractivity contribution in [1.82, 2.24) is 0 Å². The number of ether oxygens (including phenoxy) is 2. The van der Waals surface area contributed by atoms with Gasteiger partial charge in [0, 0.05) is 16.9 Å². The summed E-state index contributed by atoms with van der Waals surface area (Å²) in [6.45, 7) is 6.06. The van der Waals surface area contributed by atoms with Crippen LogP contribution >= 0.6 is 25.3 Å². The van der Waals surface area contributed by atoms with Crippen molar-refractivity contribution < 1.29 is 19.1 Å². The molecule has 0 saturated carbocycles. The summed E-state index contributed by atoms with van der Waals surface area (Å²) in [5, 5.41) is -0.0540. The second-order valence-corrected chi connectivity index (χ2v) is 7.25. The van der Waals surface area contributed by atoms with Gasteiger partial charge in [-0.3, -0.25) is 9.59 Å². The molecule has 2 unspecified atom stereocenters. The number of thiol groups is 2. The van der Waals surface area contributed by atoms with E-state index in [2.05, 4.69) is 32.2 Å². The molecule has 0 bridgehead atoms. The maximum Gasteiger partial charge on any atom is 0.309 e. The third-order valence-corrected chi connectivity index (χ3v) is 4.66. The van der Waals surface area contributed by atoms with Crippen molar-refractivity contribution in [2.75, 3.05) is 0 Å². The topological polar surface area (TPSA) is 52.6 Å². The fourth-order valence-electron chi connectivity index (χ4n) is 1.94. The zero-order chi connectivity index (χ0) is 17.7. The minimum absolute atomic E-state index is 0.0270. The van der Waals surface area contributed by atoms with Gasteiger partial charge < -0.3 is 9.47 Å². The molecule has 0 aromatic carbocycles. The predicted molar refractivity (Wildman–Crippen MR) is 100 cm³/mol. The van der Waals surface area contributed by atoms with Gasteiger partial charge >= 0.3 is 11.9 Å². The van der Waals surface area contributed by atoms with Crippen LogP contribution in [0.15, 0.2) is 0 Å². The summed E-state index contributed by atoms with van der Waals surface area (Å²) in [6, 6.07) is 0. The molecule has 0 rings (SSSR count). The van der Waals surface area contributed by atoms with Gasteiger partial charge in [0.1, 0.15) is 0 Å². The summed E-state index contributed by atoms with van der Waals surface area (Å²) in [5.41, 5.74) is 0. The highest BCUT2D eigenvalue weighted by molar-refractivity contribution is 7.81. The maximum absolute atomic E-state index is 11.9. The van der Waals surface area contributed by atoms with Crippen molar-refractivity contribution in [2.45, 2.75) is 95.3 Å². The minimum atomic E-state index is -0.790. The predicted octanol–water partition coefficient (Wildman–Crippen LogP) is 4.57. The van der Waals surface area contributed by atoms with E-state index in [0.717, 1.165) is 38.5 Å². The zero-order valence-corrected chi connectivity index (χ0v) is 16.4. The Labute approximate surface area is 151 Å². The van der Waals surface area contributed by atoms with Crippen molar-refractivity contribution in [1.29, 1.82) is 0 Å². The Morgan fingerprint density at radius 3 is 1.70 bits per heavy atom. The fraction of sp³-hybridized carbons (Fsp3) is 0.882. The van der Waals surface area contributed by atoms with Gasteiger partial charge in [0.25, 0.3) is 0 Å². The van der Waals surface area contributed by atoms with Crippen LogP contribution in [0.25, 0.3) is 0 Å². The summed E-state index contributed by atoms with van der Waals surface area (Å²) >= 11 is 8.60. The SMILES string of the molecule is CCCCCCC(OC(=O)CC(S)CC)OC(=O)CC(S)CC. The van der Waals surface area contributed by atoms with E-state index in [9.17, 15) is 9.59 Å². The molecule has 0 heterocycles. The number of carbonyl (C=O) groups excluding carboxylic acids is 2. The first kappa shape index (κ1) is 22.6. The zero-order valence-electron chi connectivity index (χ0n) is 14.6. The Morgan fingerprint density at radius 1 is 0.826 bits per heavy atom. The number of hydrogen-bond donors (Lipinski definition) is 2. The molecule has 0 amide bonds. The third-order valence-electron chi connectivity index (χ3n) is 3.57. The molecule has 0 spiro atoms. The number of esters is 2. The first-order valence-corrected chi connectivity index (χ1v) is 9.71. The van der Waals surface area contributed by atoms with Crippen LogP contribution in [0.5, 0.6) is 0 Å². The summed E-state index contributed by atoms with van der Waals surface area (Å²) in [6.07, 6.45) is 5.95. The molecule has 0 N–H and O–H groups in total. The van der Waals surface area contributed by atoms with E-state index in [1.54, 1.807) is 0 Å². The monoisotopic (exact) mass is 364 g/mol. The smallest absolute Gasteiger partial charge is 0.309 e. The molecule has 4 nitrogen and oxygen atoms in total. The van der Waals surface area contributed by atoms with Gasteiger partial charge in [0.05, 0.1) is 12.8 Å². The summed E-state index contributed by atoms with van der Waals surface area (Å²) in [7, 11) is 0. The van der Waals surface area contributed by atoms with Crippen molar-refractivity contribution in [3.05, 3.63) is 0 Å². The lowest BCUT2D eigenvalue weighted by molar-refractivity contribution is -0.189. The van der Waals surface area contributed by atoms with Crippen LogP contribution < -0.4 is 0 Å². The van der Waals surface area contributed by atoms with E-state index in [1.807, 2.05) is 13.8 Å². The molecule has 0 radical (unpaired) electrons. The molecule has 0 aromatic heterocycles. The van der Waals surface area contributed by atoms with Gasteiger partial charge in [-0.1, -0.05) is 40.0 Å². The van der Waals surface area contributed by atoms with Crippen LogP contribution in [-0.2, 0) is 19.1 Å². The highest BCUT2D eigenvalue weighted by Gasteiger charge is 2.21. The Kier molecular flexibility index (Phi) is 13.8. The quantitative estimate of drug-likeness (QED) is 0.218. The Morgan fingerprint density at radius 2 is 1.30 bits per heavy atom. The van der Waals surface area contributed by atoms with Crippen LogP contribution in [0.2, 0.25) is 0 Å². The Bertz CT molecular complexity index is 311.